The normalized spacial score (nSPS) is 23.8. The lowest BCUT2D eigenvalue weighted by atomic mass is 10.1. The van der Waals surface area contributed by atoms with E-state index in [0.29, 0.717) is 5.71 Å². The molecule has 1 aliphatic heterocycles. The second-order valence-electron chi connectivity index (χ2n) is 5.56. The number of hydrogen-bond acceptors (Lipinski definition) is 7. The van der Waals surface area contributed by atoms with Gasteiger partial charge in [0, 0.05) is 0 Å². The summed E-state index contributed by atoms with van der Waals surface area (Å²) in [6, 6.07) is 18.8. The Balaban J connectivity index is 1.74. The number of para-hydroxylation sites is 2. The van der Waals surface area contributed by atoms with E-state index in [2.05, 4.69) is 21.1 Å². The van der Waals surface area contributed by atoms with E-state index in [1.54, 1.807) is 0 Å². The number of hydrogen-bond donors (Lipinski definition) is 4. The summed E-state index contributed by atoms with van der Waals surface area (Å²) in [5.41, 5.74) is 7.77. The van der Waals surface area contributed by atoms with E-state index in [9.17, 15) is 10.2 Å². The number of rotatable bonds is 6. The highest BCUT2D eigenvalue weighted by molar-refractivity contribution is 6.33. The summed E-state index contributed by atoms with van der Waals surface area (Å²) in [6.45, 7) is 0.0517. The number of aliphatic hydroxyl groups is 2. The zero-order chi connectivity index (χ0) is 17.5. The Labute approximate surface area is 145 Å². The van der Waals surface area contributed by atoms with E-state index in [0.717, 1.165) is 11.4 Å². The van der Waals surface area contributed by atoms with Crippen molar-refractivity contribution in [3.05, 3.63) is 60.7 Å². The fourth-order valence-electron chi connectivity index (χ4n) is 2.35. The monoisotopic (exact) mass is 340 g/mol. The highest BCUT2D eigenvalue weighted by Gasteiger charge is 2.37. The molecule has 1 fully saturated rings. The first-order chi connectivity index (χ1) is 12.2. The first-order valence-corrected chi connectivity index (χ1v) is 7.94. The van der Waals surface area contributed by atoms with Crippen LogP contribution in [0.5, 0.6) is 0 Å². The van der Waals surface area contributed by atoms with Crippen molar-refractivity contribution >= 4 is 23.3 Å². The second kappa shape index (κ2) is 8.39. The summed E-state index contributed by atoms with van der Waals surface area (Å²) < 4.78 is 5.44. The summed E-state index contributed by atoms with van der Waals surface area (Å²) >= 11 is 0. The molecule has 7 nitrogen and oxygen atoms in total. The Morgan fingerprint density at radius 1 is 0.960 bits per heavy atom. The Bertz CT molecular complexity index is 722. The van der Waals surface area contributed by atoms with Gasteiger partial charge in [0.15, 0.2) is 0 Å². The van der Waals surface area contributed by atoms with Crippen molar-refractivity contribution in [2.24, 2.45) is 10.2 Å². The first-order valence-electron chi connectivity index (χ1n) is 7.94. The van der Waals surface area contributed by atoms with E-state index in [4.69, 9.17) is 4.74 Å². The summed E-state index contributed by atoms with van der Waals surface area (Å²) in [7, 11) is 0. The van der Waals surface area contributed by atoms with E-state index in [1.807, 2.05) is 60.7 Å². The number of anilines is 2. The third kappa shape index (κ3) is 4.63. The molecule has 7 heteroatoms. The summed E-state index contributed by atoms with van der Waals surface area (Å²) in [6.07, 6.45) is -1.29. The molecular weight excluding hydrogens is 320 g/mol. The predicted octanol–water partition coefficient (Wildman–Crippen LogP) is 1.67. The minimum Gasteiger partial charge on any atom is -0.388 e. The van der Waals surface area contributed by atoms with Gasteiger partial charge in [-0.05, 0) is 24.3 Å². The Hall–Kier alpha value is -2.74. The minimum atomic E-state index is -1.06. The van der Waals surface area contributed by atoms with Gasteiger partial charge in [-0.25, -0.2) is 0 Å². The molecule has 0 unspecified atom stereocenters. The molecule has 0 saturated carbocycles. The quantitative estimate of drug-likeness (QED) is 0.474. The van der Waals surface area contributed by atoms with Gasteiger partial charge in [-0.1, -0.05) is 36.4 Å². The van der Waals surface area contributed by atoms with Crippen LogP contribution in [-0.2, 0) is 4.74 Å². The molecule has 2 aromatic rings. The van der Waals surface area contributed by atoms with Gasteiger partial charge in [-0.3, -0.25) is 10.9 Å². The maximum atomic E-state index is 10.1. The number of ether oxygens (including phenoxy) is 1. The molecule has 0 bridgehead atoms. The van der Waals surface area contributed by atoms with Crippen LogP contribution in [0.4, 0.5) is 11.4 Å². The van der Waals surface area contributed by atoms with Crippen molar-refractivity contribution < 1.29 is 14.9 Å². The zero-order valence-electron chi connectivity index (χ0n) is 13.5. The van der Waals surface area contributed by atoms with Crippen molar-refractivity contribution in [1.29, 1.82) is 0 Å². The van der Waals surface area contributed by atoms with Gasteiger partial charge in [0.25, 0.3) is 0 Å². The standard InChI is InChI=1S/C18H20N4O3/c23-16-12-25-18(17(16)24)15(22-21-14-9-5-2-6-10-14)11-19-20-13-7-3-1-4-8-13/h1-11,16-18,20-21,23-24H,12H2/b19-11-,22-15-/t16-,17-,18+/m1/s1. The molecule has 2 aromatic carbocycles. The van der Waals surface area contributed by atoms with Crippen LogP contribution >= 0.6 is 0 Å². The molecule has 0 aromatic heterocycles. The molecule has 0 spiro atoms. The molecule has 4 N–H and O–H groups in total. The fraction of sp³-hybridized carbons (Fsp3) is 0.222. The van der Waals surface area contributed by atoms with Crippen molar-refractivity contribution in [3.63, 3.8) is 0 Å². The Morgan fingerprint density at radius 3 is 2.12 bits per heavy atom. The lowest BCUT2D eigenvalue weighted by Gasteiger charge is -2.15. The van der Waals surface area contributed by atoms with Gasteiger partial charge >= 0.3 is 0 Å². The van der Waals surface area contributed by atoms with Crippen LogP contribution in [-0.4, -0.2) is 47.1 Å². The average Bonchev–Trinajstić information content (AvgIpc) is 2.99. The highest BCUT2D eigenvalue weighted by Crippen LogP contribution is 2.16. The lowest BCUT2D eigenvalue weighted by Crippen LogP contribution is -2.37. The molecule has 1 aliphatic rings. The lowest BCUT2D eigenvalue weighted by molar-refractivity contribution is 0.0476. The number of nitrogens with one attached hydrogen (secondary N) is 2. The highest BCUT2D eigenvalue weighted by atomic mass is 16.5. The molecule has 0 amide bonds. The van der Waals surface area contributed by atoms with E-state index in [1.165, 1.54) is 6.21 Å². The summed E-state index contributed by atoms with van der Waals surface area (Å²) in [5, 5.41) is 28.2. The average molecular weight is 340 g/mol. The van der Waals surface area contributed by atoms with Gasteiger partial charge in [0.1, 0.15) is 24.0 Å². The summed E-state index contributed by atoms with van der Waals surface area (Å²) in [4.78, 5) is 0. The van der Waals surface area contributed by atoms with Crippen LogP contribution in [0.25, 0.3) is 0 Å². The third-order valence-electron chi connectivity index (χ3n) is 3.69. The molecule has 0 aliphatic carbocycles. The number of nitrogens with zero attached hydrogens (tertiary/aromatic N) is 2. The fourth-order valence-corrected chi connectivity index (χ4v) is 2.35. The van der Waals surface area contributed by atoms with E-state index < -0.39 is 18.3 Å². The topological polar surface area (TPSA) is 98.5 Å². The predicted molar refractivity (Wildman–Crippen MR) is 97.8 cm³/mol. The maximum Gasteiger partial charge on any atom is 0.131 e. The third-order valence-corrected chi connectivity index (χ3v) is 3.69. The van der Waals surface area contributed by atoms with Gasteiger partial charge in [-0.15, -0.1) is 0 Å². The number of aliphatic hydroxyl groups excluding tert-OH is 2. The molecule has 1 saturated heterocycles. The van der Waals surface area contributed by atoms with Crippen LogP contribution < -0.4 is 10.9 Å². The smallest absolute Gasteiger partial charge is 0.131 e. The van der Waals surface area contributed by atoms with Gasteiger partial charge in [0.2, 0.25) is 0 Å². The van der Waals surface area contributed by atoms with Crippen LogP contribution in [0.3, 0.4) is 0 Å². The number of benzene rings is 2. The number of hydrazone groups is 2. The largest absolute Gasteiger partial charge is 0.388 e. The molecule has 3 rings (SSSR count). The van der Waals surface area contributed by atoms with E-state index >= 15 is 0 Å². The SMILES string of the molecule is O[C@@H]1[C@H](O)CO[C@H]1C(/C=N\Nc1ccccc1)=N\Nc1ccccc1. The molecule has 1 heterocycles. The Kier molecular flexibility index (Phi) is 5.73. The molecule has 25 heavy (non-hydrogen) atoms. The van der Waals surface area contributed by atoms with Crippen molar-refractivity contribution in [2.75, 3.05) is 17.5 Å². The molecular formula is C18H20N4O3. The second-order valence-corrected chi connectivity index (χ2v) is 5.56. The van der Waals surface area contributed by atoms with Crippen molar-refractivity contribution in [2.45, 2.75) is 18.3 Å². The molecule has 130 valence electrons. The van der Waals surface area contributed by atoms with Crippen molar-refractivity contribution in [1.82, 2.24) is 0 Å². The van der Waals surface area contributed by atoms with Crippen LogP contribution in [0, 0.1) is 0 Å². The zero-order valence-corrected chi connectivity index (χ0v) is 13.5. The van der Waals surface area contributed by atoms with Crippen LogP contribution in [0.2, 0.25) is 0 Å². The van der Waals surface area contributed by atoms with Gasteiger partial charge in [-0.2, -0.15) is 10.2 Å². The van der Waals surface area contributed by atoms with Gasteiger partial charge in [0.05, 0.1) is 24.2 Å². The molecule has 3 atom stereocenters. The van der Waals surface area contributed by atoms with E-state index in [-0.39, 0.29) is 6.61 Å². The van der Waals surface area contributed by atoms with Crippen LogP contribution in [0.1, 0.15) is 0 Å². The Morgan fingerprint density at radius 2 is 1.56 bits per heavy atom. The summed E-state index contributed by atoms with van der Waals surface area (Å²) in [5.74, 6) is 0. The molecule has 0 radical (unpaired) electrons. The maximum absolute atomic E-state index is 10.1. The minimum absolute atomic E-state index is 0.0517. The van der Waals surface area contributed by atoms with Crippen LogP contribution in [0.15, 0.2) is 70.9 Å². The first kappa shape index (κ1) is 17.1. The van der Waals surface area contributed by atoms with Crippen molar-refractivity contribution in [3.8, 4) is 0 Å². The van der Waals surface area contributed by atoms with Gasteiger partial charge < -0.3 is 14.9 Å².